The first kappa shape index (κ1) is 19.7. The molecule has 3 aromatic rings. The van der Waals surface area contributed by atoms with E-state index in [4.69, 9.17) is 9.88 Å². The van der Waals surface area contributed by atoms with Gasteiger partial charge in [-0.05, 0) is 56.2 Å². The number of ether oxygens (including phenoxy) is 1. The normalized spacial score (nSPS) is 12.7. The Hall–Kier alpha value is -3.04. The van der Waals surface area contributed by atoms with Crippen molar-refractivity contribution in [3.8, 4) is 0 Å². The highest BCUT2D eigenvalue weighted by Crippen LogP contribution is 2.22. The Morgan fingerprint density at radius 1 is 1.21 bits per heavy atom. The Morgan fingerprint density at radius 3 is 2.57 bits per heavy atom. The second kappa shape index (κ2) is 7.17. The number of esters is 1. The first-order valence-electron chi connectivity index (χ1n) is 8.42. The molecule has 0 saturated heterocycles. The van der Waals surface area contributed by atoms with Crippen molar-refractivity contribution in [2.45, 2.75) is 31.8 Å². The number of sulfonamides is 1. The topological polar surface area (TPSA) is 132 Å². The fraction of sp³-hybridized carbons (Fsp3) is 0.211. The number of hydrogen-bond acceptors (Lipinski definition) is 6. The van der Waals surface area contributed by atoms with Crippen LogP contribution in [0.15, 0.2) is 46.1 Å². The average molecular weight is 401 g/mol. The van der Waals surface area contributed by atoms with Gasteiger partial charge in [-0.1, -0.05) is 12.1 Å². The molecule has 1 atom stereocenters. The lowest BCUT2D eigenvalue weighted by molar-refractivity contribution is 0.0319. The number of nitrogens with one attached hydrogen (secondary N) is 1. The number of benzene rings is 2. The van der Waals surface area contributed by atoms with Crippen LogP contribution in [-0.2, 0) is 14.8 Å². The van der Waals surface area contributed by atoms with E-state index >= 15 is 0 Å². The summed E-state index contributed by atoms with van der Waals surface area (Å²) >= 11 is 0. The summed E-state index contributed by atoms with van der Waals surface area (Å²) in [4.78, 5) is 31.5. The van der Waals surface area contributed by atoms with Crippen molar-refractivity contribution in [3.63, 3.8) is 0 Å². The average Bonchev–Trinajstić information content (AvgIpc) is 2.62. The van der Waals surface area contributed by atoms with E-state index in [1.807, 2.05) is 0 Å². The maximum absolute atomic E-state index is 12.5. The molecule has 3 rings (SSSR count). The molecule has 0 bridgehead atoms. The molecule has 0 unspecified atom stereocenters. The molecule has 3 N–H and O–H groups in total. The maximum atomic E-state index is 12.5. The Labute approximate surface area is 161 Å². The van der Waals surface area contributed by atoms with E-state index in [9.17, 15) is 18.0 Å². The molecule has 0 aliphatic rings. The van der Waals surface area contributed by atoms with Crippen molar-refractivity contribution in [1.29, 1.82) is 0 Å². The molecule has 0 radical (unpaired) electrons. The smallest absolute Gasteiger partial charge is 0.338 e. The van der Waals surface area contributed by atoms with Crippen LogP contribution in [0.2, 0.25) is 0 Å². The summed E-state index contributed by atoms with van der Waals surface area (Å²) in [5, 5.41) is 5.66. The number of nitrogens with zero attached hydrogens (tertiary/aromatic N) is 1. The molecule has 2 aromatic carbocycles. The molecule has 1 heterocycles. The Bertz CT molecular complexity index is 1250. The largest absolute Gasteiger partial charge is 0.451 e. The summed E-state index contributed by atoms with van der Waals surface area (Å²) in [6, 6.07) is 9.51. The zero-order valence-electron chi connectivity index (χ0n) is 15.5. The highest BCUT2D eigenvalue weighted by atomic mass is 32.2. The number of H-pyrrole nitrogens is 1. The number of aromatic nitrogens is 2. The summed E-state index contributed by atoms with van der Waals surface area (Å²) in [6.07, 6.45) is -0.857. The number of carbonyl (C=O) groups is 1. The van der Waals surface area contributed by atoms with Crippen molar-refractivity contribution in [2.24, 2.45) is 5.14 Å². The van der Waals surface area contributed by atoms with Gasteiger partial charge in [0.2, 0.25) is 10.0 Å². The molecule has 9 heteroatoms. The minimum absolute atomic E-state index is 0.0436. The number of carbonyl (C=O) groups excluding carboxylic acids is 1. The molecule has 0 spiro atoms. The predicted molar refractivity (Wildman–Crippen MR) is 103 cm³/mol. The monoisotopic (exact) mass is 401 g/mol. The summed E-state index contributed by atoms with van der Waals surface area (Å²) in [5.41, 5.74) is 1.23. The maximum Gasteiger partial charge on any atom is 0.338 e. The van der Waals surface area contributed by atoms with E-state index in [0.29, 0.717) is 22.0 Å². The van der Waals surface area contributed by atoms with Crippen LogP contribution in [-0.4, -0.2) is 24.4 Å². The lowest BCUT2D eigenvalue weighted by Crippen LogP contribution is -2.19. The van der Waals surface area contributed by atoms with Crippen LogP contribution in [0.3, 0.4) is 0 Å². The van der Waals surface area contributed by atoms with Crippen LogP contribution in [0.25, 0.3) is 10.9 Å². The zero-order valence-corrected chi connectivity index (χ0v) is 16.3. The molecule has 0 aliphatic carbocycles. The second-order valence-electron chi connectivity index (χ2n) is 6.48. The highest BCUT2D eigenvalue weighted by Gasteiger charge is 2.21. The minimum atomic E-state index is -3.99. The first-order valence-corrected chi connectivity index (χ1v) is 9.96. The molecule has 0 saturated carbocycles. The lowest BCUT2D eigenvalue weighted by Gasteiger charge is -2.15. The van der Waals surface area contributed by atoms with Gasteiger partial charge < -0.3 is 9.72 Å². The van der Waals surface area contributed by atoms with Gasteiger partial charge in [0.25, 0.3) is 5.56 Å². The van der Waals surface area contributed by atoms with Gasteiger partial charge in [-0.25, -0.2) is 23.3 Å². The quantitative estimate of drug-likeness (QED) is 0.644. The predicted octanol–water partition coefficient (Wildman–Crippen LogP) is 2.11. The number of fused-ring (bicyclic) bond motifs is 1. The van der Waals surface area contributed by atoms with Crippen molar-refractivity contribution >= 4 is 26.9 Å². The third-order valence-electron chi connectivity index (χ3n) is 4.46. The molecular formula is C19H19N3O5S. The standard InChI is InChI=1S/C19H19N3O5S/c1-10-8-13(9-16(11(10)2)28(20,25)26)19(24)27-12(3)17-21-15-7-5-4-6-14(15)18(23)22-17/h4-9,12H,1-3H3,(H2,20,25,26)(H,21,22,23)/t12-/m0/s1. The number of hydrogen-bond donors (Lipinski definition) is 2. The van der Waals surface area contributed by atoms with Crippen molar-refractivity contribution in [2.75, 3.05) is 0 Å². The number of primary sulfonamides is 1. The minimum Gasteiger partial charge on any atom is -0.451 e. The van der Waals surface area contributed by atoms with Gasteiger partial charge in [0.05, 0.1) is 21.4 Å². The van der Waals surface area contributed by atoms with Gasteiger partial charge in [0.1, 0.15) is 0 Å². The van der Waals surface area contributed by atoms with Gasteiger partial charge in [-0.2, -0.15) is 0 Å². The molecule has 0 amide bonds. The number of nitrogens with two attached hydrogens (primary N) is 1. The van der Waals surface area contributed by atoms with E-state index in [2.05, 4.69) is 9.97 Å². The number of rotatable bonds is 4. The SMILES string of the molecule is Cc1cc(C(=O)O[C@@H](C)c2nc3ccccc3c(=O)[nH]2)cc(S(N)(=O)=O)c1C. The Morgan fingerprint density at radius 2 is 1.89 bits per heavy atom. The highest BCUT2D eigenvalue weighted by molar-refractivity contribution is 7.89. The van der Waals surface area contributed by atoms with Crippen LogP contribution < -0.4 is 10.7 Å². The van der Waals surface area contributed by atoms with Crippen molar-refractivity contribution < 1.29 is 17.9 Å². The van der Waals surface area contributed by atoms with Crippen LogP contribution >= 0.6 is 0 Å². The zero-order chi connectivity index (χ0) is 20.6. The van der Waals surface area contributed by atoms with E-state index in [1.165, 1.54) is 12.1 Å². The summed E-state index contributed by atoms with van der Waals surface area (Å²) in [5.74, 6) is -0.566. The first-order chi connectivity index (χ1) is 13.1. The van der Waals surface area contributed by atoms with Gasteiger partial charge in [0.15, 0.2) is 11.9 Å². The van der Waals surface area contributed by atoms with Gasteiger partial charge in [0, 0.05) is 0 Å². The molecular weight excluding hydrogens is 382 g/mol. The fourth-order valence-electron chi connectivity index (χ4n) is 2.82. The van der Waals surface area contributed by atoms with E-state index in [-0.39, 0.29) is 21.8 Å². The van der Waals surface area contributed by atoms with Crippen LogP contribution in [0.1, 0.15) is 40.3 Å². The van der Waals surface area contributed by atoms with Crippen LogP contribution in [0.5, 0.6) is 0 Å². The fourth-order valence-corrected chi connectivity index (χ4v) is 3.70. The molecule has 8 nitrogen and oxygen atoms in total. The van der Waals surface area contributed by atoms with Crippen molar-refractivity contribution in [1.82, 2.24) is 9.97 Å². The summed E-state index contributed by atoms with van der Waals surface area (Å²) in [6.45, 7) is 4.84. The van der Waals surface area contributed by atoms with Crippen LogP contribution in [0, 0.1) is 13.8 Å². The van der Waals surface area contributed by atoms with E-state index < -0.39 is 22.1 Å². The summed E-state index contributed by atoms with van der Waals surface area (Å²) < 4.78 is 28.9. The Kier molecular flexibility index (Phi) is 5.05. The van der Waals surface area contributed by atoms with Gasteiger partial charge >= 0.3 is 5.97 Å². The lowest BCUT2D eigenvalue weighted by atomic mass is 10.1. The van der Waals surface area contributed by atoms with E-state index in [0.717, 1.165) is 0 Å². The van der Waals surface area contributed by atoms with Crippen LogP contribution in [0.4, 0.5) is 0 Å². The molecule has 146 valence electrons. The van der Waals surface area contributed by atoms with E-state index in [1.54, 1.807) is 45.0 Å². The van der Waals surface area contributed by atoms with Gasteiger partial charge in [-0.3, -0.25) is 4.79 Å². The molecule has 28 heavy (non-hydrogen) atoms. The number of para-hydroxylation sites is 1. The third-order valence-corrected chi connectivity index (χ3v) is 5.50. The Balaban J connectivity index is 1.93. The third kappa shape index (κ3) is 3.80. The number of aryl methyl sites for hydroxylation is 1. The number of aromatic amines is 1. The summed E-state index contributed by atoms with van der Waals surface area (Å²) in [7, 11) is -3.99. The molecule has 1 aromatic heterocycles. The van der Waals surface area contributed by atoms with Gasteiger partial charge in [-0.15, -0.1) is 0 Å². The molecule has 0 fully saturated rings. The van der Waals surface area contributed by atoms with Crippen molar-refractivity contribution in [3.05, 3.63) is 69.3 Å². The molecule has 0 aliphatic heterocycles. The second-order valence-corrected chi connectivity index (χ2v) is 8.01.